The zero-order valence-electron chi connectivity index (χ0n) is 12.3. The second-order valence-corrected chi connectivity index (χ2v) is 11.0. The number of hydrogen-bond acceptors (Lipinski definition) is 2. The molecule has 0 radical (unpaired) electrons. The highest BCUT2D eigenvalue weighted by molar-refractivity contribution is 6.77. The number of hydrogen-bond donors (Lipinski definition) is 0. The first kappa shape index (κ1) is 14.9. The quantitative estimate of drug-likeness (QED) is 0.577. The molecule has 1 rings (SSSR count). The lowest BCUT2D eigenvalue weighted by Gasteiger charge is -2.39. The van der Waals surface area contributed by atoms with Gasteiger partial charge in [0.15, 0.2) is 5.76 Å². The Morgan fingerprint density at radius 2 is 1.61 bits per heavy atom. The van der Waals surface area contributed by atoms with Crippen molar-refractivity contribution in [2.45, 2.75) is 58.2 Å². The van der Waals surface area contributed by atoms with Crippen molar-refractivity contribution in [3.05, 3.63) is 24.2 Å². The van der Waals surface area contributed by atoms with Crippen LogP contribution < -0.4 is 0 Å². The van der Waals surface area contributed by atoms with E-state index in [4.69, 9.17) is 8.84 Å². The maximum absolute atomic E-state index is 6.11. The molecule has 2 nitrogen and oxygen atoms in total. The maximum Gasteiger partial charge on any atom is 0.272 e. The molecular formula is C15H24O2Si. The molecule has 100 valence electrons. The molecule has 0 atom stereocenters. The SMILES string of the molecule is CC(C)[Si](OC#Cc1ccco1)(C(C)C)C(C)C. The van der Waals surface area contributed by atoms with Crippen molar-refractivity contribution < 1.29 is 8.84 Å². The monoisotopic (exact) mass is 264 g/mol. The minimum Gasteiger partial charge on any atom is -0.499 e. The third kappa shape index (κ3) is 3.00. The molecule has 0 aliphatic heterocycles. The van der Waals surface area contributed by atoms with Gasteiger partial charge in [0, 0.05) is 5.92 Å². The molecule has 0 bridgehead atoms. The fourth-order valence-electron chi connectivity index (χ4n) is 2.87. The van der Waals surface area contributed by atoms with Crippen LogP contribution in [-0.2, 0) is 4.43 Å². The van der Waals surface area contributed by atoms with Gasteiger partial charge in [0.05, 0.1) is 6.26 Å². The van der Waals surface area contributed by atoms with Crippen LogP contribution in [0.4, 0.5) is 0 Å². The van der Waals surface area contributed by atoms with Gasteiger partial charge in [-0.05, 0) is 28.8 Å². The average molecular weight is 264 g/mol. The Morgan fingerprint density at radius 1 is 1.06 bits per heavy atom. The van der Waals surface area contributed by atoms with E-state index in [0.717, 1.165) is 0 Å². The predicted molar refractivity (Wildman–Crippen MR) is 77.7 cm³/mol. The Bertz CT molecular complexity index is 386. The van der Waals surface area contributed by atoms with Gasteiger partial charge in [0.2, 0.25) is 0 Å². The minimum absolute atomic E-state index is 0.545. The lowest BCUT2D eigenvalue weighted by atomic mass is 10.5. The van der Waals surface area contributed by atoms with E-state index in [2.05, 4.69) is 53.6 Å². The molecule has 1 aromatic heterocycles. The van der Waals surface area contributed by atoms with Crippen LogP contribution in [0.15, 0.2) is 22.8 Å². The van der Waals surface area contributed by atoms with Gasteiger partial charge in [-0.1, -0.05) is 41.5 Å². The summed E-state index contributed by atoms with van der Waals surface area (Å²) in [4.78, 5) is 0. The van der Waals surface area contributed by atoms with Gasteiger partial charge in [-0.3, -0.25) is 0 Å². The summed E-state index contributed by atoms with van der Waals surface area (Å²) in [5.41, 5.74) is 1.63. The largest absolute Gasteiger partial charge is 0.499 e. The van der Waals surface area contributed by atoms with Gasteiger partial charge in [-0.25, -0.2) is 0 Å². The van der Waals surface area contributed by atoms with Gasteiger partial charge in [0.25, 0.3) is 8.32 Å². The molecule has 0 aliphatic rings. The highest BCUT2D eigenvalue weighted by Crippen LogP contribution is 2.41. The summed E-state index contributed by atoms with van der Waals surface area (Å²) in [6, 6.07) is 3.68. The molecule has 0 spiro atoms. The molecule has 0 fully saturated rings. The van der Waals surface area contributed by atoms with E-state index in [1.54, 1.807) is 6.26 Å². The summed E-state index contributed by atoms with van der Waals surface area (Å²) in [5.74, 6) is 3.60. The van der Waals surface area contributed by atoms with Crippen molar-refractivity contribution in [3.63, 3.8) is 0 Å². The predicted octanol–water partition coefficient (Wildman–Crippen LogP) is 4.78. The van der Waals surface area contributed by atoms with Gasteiger partial charge in [-0.2, -0.15) is 0 Å². The van der Waals surface area contributed by atoms with E-state index < -0.39 is 8.32 Å². The highest BCUT2D eigenvalue weighted by atomic mass is 28.4. The van der Waals surface area contributed by atoms with E-state index in [1.807, 2.05) is 12.1 Å². The highest BCUT2D eigenvalue weighted by Gasteiger charge is 2.46. The van der Waals surface area contributed by atoms with Crippen molar-refractivity contribution in [1.82, 2.24) is 0 Å². The second kappa shape index (κ2) is 6.15. The molecule has 1 heterocycles. The molecule has 0 unspecified atom stereocenters. The fraction of sp³-hybridized carbons (Fsp3) is 0.600. The van der Waals surface area contributed by atoms with Crippen molar-refractivity contribution in [2.24, 2.45) is 0 Å². The Labute approximate surface area is 112 Å². The number of rotatable bonds is 4. The Hall–Kier alpha value is -1.14. The second-order valence-electron chi connectivity index (χ2n) is 5.62. The van der Waals surface area contributed by atoms with Crippen LogP contribution in [0.1, 0.15) is 47.3 Å². The third-order valence-electron chi connectivity index (χ3n) is 3.63. The van der Waals surface area contributed by atoms with Crippen LogP contribution >= 0.6 is 0 Å². The fourth-order valence-corrected chi connectivity index (χ4v) is 7.80. The lowest BCUT2D eigenvalue weighted by molar-refractivity contribution is 0.446. The summed E-state index contributed by atoms with van der Waals surface area (Å²) < 4.78 is 11.3. The van der Waals surface area contributed by atoms with Gasteiger partial charge in [-0.15, -0.1) is 0 Å². The summed E-state index contributed by atoms with van der Waals surface area (Å²) >= 11 is 0. The zero-order chi connectivity index (χ0) is 13.8. The van der Waals surface area contributed by atoms with Crippen LogP contribution in [0.25, 0.3) is 0 Å². The first-order chi connectivity index (χ1) is 8.41. The third-order valence-corrected chi connectivity index (χ3v) is 9.50. The summed E-state index contributed by atoms with van der Waals surface area (Å²) in [6.45, 7) is 13.5. The van der Waals surface area contributed by atoms with Crippen LogP contribution in [0, 0.1) is 12.0 Å². The zero-order valence-corrected chi connectivity index (χ0v) is 13.3. The summed E-state index contributed by atoms with van der Waals surface area (Å²) in [6.07, 6.45) is 4.52. The molecule has 18 heavy (non-hydrogen) atoms. The first-order valence-electron chi connectivity index (χ1n) is 6.63. The molecular weight excluding hydrogens is 240 g/mol. The van der Waals surface area contributed by atoms with Crippen LogP contribution in [0.5, 0.6) is 0 Å². The average Bonchev–Trinajstić information content (AvgIpc) is 2.75. The number of furan rings is 1. The van der Waals surface area contributed by atoms with Crippen LogP contribution in [-0.4, -0.2) is 8.32 Å². The normalized spacial score (nSPS) is 11.8. The standard InChI is InChI=1S/C15H24O2Si/c1-12(2)18(13(3)4,14(5)6)17-11-9-15-8-7-10-16-15/h7-8,10,12-14H,1-6H3. The van der Waals surface area contributed by atoms with Crippen molar-refractivity contribution in [3.8, 4) is 12.0 Å². The Morgan fingerprint density at radius 3 is 2.00 bits per heavy atom. The topological polar surface area (TPSA) is 22.4 Å². The molecule has 0 saturated heterocycles. The summed E-state index contributed by atoms with van der Waals surface area (Å²) in [7, 11) is -1.88. The van der Waals surface area contributed by atoms with E-state index in [-0.39, 0.29) is 0 Å². The molecule has 3 heteroatoms. The van der Waals surface area contributed by atoms with Gasteiger partial charge >= 0.3 is 0 Å². The minimum atomic E-state index is -1.88. The molecule has 0 amide bonds. The first-order valence-corrected chi connectivity index (χ1v) is 8.77. The van der Waals surface area contributed by atoms with Crippen molar-refractivity contribution in [2.75, 3.05) is 0 Å². The Balaban J connectivity index is 2.92. The Kier molecular flexibility index (Phi) is 5.10. The maximum atomic E-state index is 6.11. The lowest BCUT2D eigenvalue weighted by Crippen LogP contribution is -2.46. The molecule has 0 saturated carbocycles. The molecule has 1 aromatic rings. The van der Waals surface area contributed by atoms with E-state index in [0.29, 0.717) is 22.4 Å². The van der Waals surface area contributed by atoms with E-state index in [9.17, 15) is 0 Å². The van der Waals surface area contributed by atoms with E-state index >= 15 is 0 Å². The van der Waals surface area contributed by atoms with Gasteiger partial charge < -0.3 is 8.84 Å². The molecule has 0 aliphatic carbocycles. The summed E-state index contributed by atoms with van der Waals surface area (Å²) in [5, 5.41) is 0. The van der Waals surface area contributed by atoms with Crippen molar-refractivity contribution in [1.29, 1.82) is 0 Å². The molecule has 0 N–H and O–H groups in total. The van der Waals surface area contributed by atoms with Crippen LogP contribution in [0.2, 0.25) is 16.6 Å². The van der Waals surface area contributed by atoms with Crippen molar-refractivity contribution >= 4 is 8.32 Å². The van der Waals surface area contributed by atoms with Gasteiger partial charge in [0.1, 0.15) is 6.11 Å². The molecule has 0 aromatic carbocycles. The smallest absolute Gasteiger partial charge is 0.272 e. The van der Waals surface area contributed by atoms with Crippen LogP contribution in [0.3, 0.4) is 0 Å². The van der Waals surface area contributed by atoms with E-state index in [1.165, 1.54) is 0 Å².